The van der Waals surface area contributed by atoms with Crippen molar-refractivity contribution < 1.29 is 4.74 Å². The molecule has 5 nitrogen and oxygen atoms in total. The summed E-state index contributed by atoms with van der Waals surface area (Å²) in [6.07, 6.45) is 7.52. The maximum atomic E-state index is 6.05. The van der Waals surface area contributed by atoms with Crippen molar-refractivity contribution in [2.24, 2.45) is 5.92 Å². The molecule has 0 radical (unpaired) electrons. The highest BCUT2D eigenvalue weighted by molar-refractivity contribution is 6.33. The molecule has 0 amide bonds. The topological polar surface area (TPSA) is 52.8 Å². The lowest BCUT2D eigenvalue weighted by Crippen LogP contribution is -2.26. The summed E-state index contributed by atoms with van der Waals surface area (Å²) in [4.78, 5) is 12.6. The first-order valence-electron chi connectivity index (χ1n) is 7.46. The first kappa shape index (κ1) is 14.4. The molecule has 116 valence electrons. The second-order valence-corrected chi connectivity index (χ2v) is 5.89. The van der Waals surface area contributed by atoms with Gasteiger partial charge in [0, 0.05) is 5.92 Å². The number of aromatic nitrogens is 4. The van der Waals surface area contributed by atoms with E-state index in [4.69, 9.17) is 16.3 Å². The number of ether oxygens (including phenoxy) is 1. The van der Waals surface area contributed by atoms with Gasteiger partial charge in [-0.1, -0.05) is 54.1 Å². The molecule has 0 aliphatic heterocycles. The van der Waals surface area contributed by atoms with Crippen molar-refractivity contribution in [3.05, 3.63) is 65.9 Å². The molecule has 1 aromatic carbocycles. The third kappa shape index (κ3) is 2.73. The van der Waals surface area contributed by atoms with Crippen LogP contribution in [-0.2, 0) is 11.3 Å². The van der Waals surface area contributed by atoms with Crippen LogP contribution in [0.1, 0.15) is 11.6 Å². The molecule has 0 saturated heterocycles. The van der Waals surface area contributed by atoms with Gasteiger partial charge in [0.05, 0.1) is 25.6 Å². The molecule has 0 unspecified atom stereocenters. The maximum absolute atomic E-state index is 6.05. The molecule has 2 heterocycles. The molecule has 0 bridgehead atoms. The third-order valence-electron chi connectivity index (χ3n) is 4.05. The predicted octanol–water partition coefficient (Wildman–Crippen LogP) is 3.42. The minimum Gasteiger partial charge on any atom is -0.376 e. The highest BCUT2D eigenvalue weighted by Gasteiger charge is 2.28. The smallest absolute Gasteiger partial charge is 0.165 e. The van der Waals surface area contributed by atoms with Gasteiger partial charge in [-0.15, -0.1) is 0 Å². The van der Waals surface area contributed by atoms with E-state index in [1.165, 1.54) is 11.9 Å². The minimum absolute atomic E-state index is 0.196. The Bertz CT molecular complexity index is 846. The SMILES string of the molecule is Clc1ncnc2c1ncn2[C@@H]1C=C[C@@H]1COCc1ccccc1. The maximum Gasteiger partial charge on any atom is 0.165 e. The standard InChI is InChI=1S/C17H15ClN4O/c18-16-15-17(20-10-19-16)22(11-21-15)14-7-6-13(14)9-23-8-12-4-2-1-3-5-12/h1-7,10-11,13-14H,8-9H2/t13-,14-/m1/s1. The summed E-state index contributed by atoms with van der Waals surface area (Å²) in [7, 11) is 0. The summed E-state index contributed by atoms with van der Waals surface area (Å²) >= 11 is 6.05. The normalized spacial score (nSPS) is 19.9. The molecule has 0 N–H and O–H groups in total. The van der Waals surface area contributed by atoms with Crippen LogP contribution in [-0.4, -0.2) is 26.1 Å². The van der Waals surface area contributed by atoms with Crippen LogP contribution in [0.3, 0.4) is 0 Å². The molecule has 1 aliphatic carbocycles. The molecule has 3 aromatic rings. The van der Waals surface area contributed by atoms with Gasteiger partial charge in [0.15, 0.2) is 10.8 Å². The van der Waals surface area contributed by atoms with Gasteiger partial charge < -0.3 is 9.30 Å². The fourth-order valence-corrected chi connectivity index (χ4v) is 2.93. The van der Waals surface area contributed by atoms with E-state index >= 15 is 0 Å². The number of hydrogen-bond acceptors (Lipinski definition) is 4. The molecular weight excluding hydrogens is 312 g/mol. The fraction of sp³-hybridized carbons (Fsp3) is 0.235. The molecule has 2 aromatic heterocycles. The van der Waals surface area contributed by atoms with Gasteiger partial charge >= 0.3 is 0 Å². The number of hydrogen-bond donors (Lipinski definition) is 0. The van der Waals surface area contributed by atoms with Gasteiger partial charge in [-0.25, -0.2) is 15.0 Å². The zero-order chi connectivity index (χ0) is 15.6. The van der Waals surface area contributed by atoms with Crippen LogP contribution in [0.2, 0.25) is 5.15 Å². The van der Waals surface area contributed by atoms with Crippen molar-refractivity contribution in [3.63, 3.8) is 0 Å². The van der Waals surface area contributed by atoms with E-state index in [1.807, 2.05) is 22.8 Å². The second kappa shape index (κ2) is 6.10. The van der Waals surface area contributed by atoms with Crippen molar-refractivity contribution in [1.29, 1.82) is 0 Å². The lowest BCUT2D eigenvalue weighted by molar-refractivity contribution is 0.0837. The average Bonchev–Trinajstić information content (AvgIpc) is 2.97. The average molecular weight is 327 g/mol. The number of imidazole rings is 1. The van der Waals surface area contributed by atoms with Crippen molar-refractivity contribution in [3.8, 4) is 0 Å². The van der Waals surface area contributed by atoms with Gasteiger partial charge in [0.25, 0.3) is 0 Å². The van der Waals surface area contributed by atoms with Crippen molar-refractivity contribution in [2.45, 2.75) is 12.6 Å². The van der Waals surface area contributed by atoms with E-state index in [1.54, 1.807) is 6.33 Å². The highest BCUT2D eigenvalue weighted by Crippen LogP contribution is 2.33. The summed E-state index contributed by atoms with van der Waals surface area (Å²) in [5, 5.41) is 0.383. The molecule has 0 saturated carbocycles. The van der Waals surface area contributed by atoms with E-state index in [0.29, 0.717) is 29.8 Å². The van der Waals surface area contributed by atoms with Crippen LogP contribution < -0.4 is 0 Å². The van der Waals surface area contributed by atoms with Crippen LogP contribution in [0.4, 0.5) is 0 Å². The molecule has 0 fully saturated rings. The minimum atomic E-state index is 0.196. The number of benzene rings is 1. The van der Waals surface area contributed by atoms with Crippen molar-refractivity contribution in [2.75, 3.05) is 6.61 Å². The van der Waals surface area contributed by atoms with Gasteiger partial charge in [0.1, 0.15) is 11.8 Å². The van der Waals surface area contributed by atoms with E-state index < -0.39 is 0 Å². The monoisotopic (exact) mass is 326 g/mol. The Balaban J connectivity index is 1.44. The van der Waals surface area contributed by atoms with Gasteiger partial charge in [-0.2, -0.15) is 0 Å². The molecule has 2 atom stereocenters. The van der Waals surface area contributed by atoms with Crippen molar-refractivity contribution in [1.82, 2.24) is 19.5 Å². The van der Waals surface area contributed by atoms with E-state index in [-0.39, 0.29) is 6.04 Å². The summed E-state index contributed by atoms with van der Waals surface area (Å²) in [5.41, 5.74) is 2.57. The summed E-state index contributed by atoms with van der Waals surface area (Å²) in [6, 6.07) is 10.4. The van der Waals surface area contributed by atoms with Crippen LogP contribution in [0.25, 0.3) is 11.2 Å². The number of nitrogens with zero attached hydrogens (tertiary/aromatic N) is 4. The third-order valence-corrected chi connectivity index (χ3v) is 4.33. The summed E-state index contributed by atoms with van der Waals surface area (Å²) < 4.78 is 7.87. The van der Waals surface area contributed by atoms with Crippen molar-refractivity contribution >= 4 is 22.8 Å². The lowest BCUT2D eigenvalue weighted by atomic mass is 9.89. The molecule has 6 heteroatoms. The zero-order valence-corrected chi connectivity index (χ0v) is 13.1. The fourth-order valence-electron chi connectivity index (χ4n) is 2.75. The number of rotatable bonds is 5. The van der Waals surface area contributed by atoms with Crippen LogP contribution >= 0.6 is 11.6 Å². The Morgan fingerprint density at radius 1 is 1.09 bits per heavy atom. The van der Waals surface area contributed by atoms with Crippen LogP contribution in [0.5, 0.6) is 0 Å². The van der Waals surface area contributed by atoms with Crippen LogP contribution in [0, 0.1) is 5.92 Å². The number of fused-ring (bicyclic) bond motifs is 1. The lowest BCUT2D eigenvalue weighted by Gasteiger charge is -2.30. The molecule has 4 rings (SSSR count). The molecular formula is C17H15ClN4O. The van der Waals surface area contributed by atoms with E-state index in [2.05, 4.69) is 39.2 Å². The Kier molecular flexibility index (Phi) is 3.81. The van der Waals surface area contributed by atoms with Crippen LogP contribution in [0.15, 0.2) is 55.1 Å². The highest BCUT2D eigenvalue weighted by atomic mass is 35.5. The van der Waals surface area contributed by atoms with Gasteiger partial charge in [0.2, 0.25) is 0 Å². The van der Waals surface area contributed by atoms with E-state index in [0.717, 1.165) is 5.65 Å². The number of allylic oxidation sites excluding steroid dienone is 1. The molecule has 0 spiro atoms. The Morgan fingerprint density at radius 3 is 2.74 bits per heavy atom. The first-order chi connectivity index (χ1) is 11.3. The van der Waals surface area contributed by atoms with Gasteiger partial charge in [-0.3, -0.25) is 0 Å². The summed E-state index contributed by atoms with van der Waals surface area (Å²) in [6.45, 7) is 1.28. The second-order valence-electron chi connectivity index (χ2n) is 5.53. The number of halogens is 1. The van der Waals surface area contributed by atoms with Gasteiger partial charge in [-0.05, 0) is 5.56 Å². The predicted molar refractivity (Wildman–Crippen MR) is 88.1 cm³/mol. The molecule has 23 heavy (non-hydrogen) atoms. The molecule has 1 aliphatic rings. The van der Waals surface area contributed by atoms with E-state index in [9.17, 15) is 0 Å². The quantitative estimate of drug-likeness (QED) is 0.532. The Labute approximate surface area is 138 Å². The Morgan fingerprint density at radius 2 is 1.96 bits per heavy atom. The Hall–Kier alpha value is -2.24. The summed E-state index contributed by atoms with van der Waals surface area (Å²) in [5.74, 6) is 0.310. The zero-order valence-electron chi connectivity index (χ0n) is 12.3. The first-order valence-corrected chi connectivity index (χ1v) is 7.84. The largest absolute Gasteiger partial charge is 0.376 e.